The number of benzene rings is 9. The molecule has 0 unspecified atom stereocenters. The van der Waals surface area contributed by atoms with Gasteiger partial charge in [-0.25, -0.2) is 0 Å². The minimum atomic E-state index is -0.188. The Morgan fingerprint density at radius 1 is 0.421 bits per heavy atom. The second-order valence-corrected chi connectivity index (χ2v) is 15.7. The third-order valence-corrected chi connectivity index (χ3v) is 12.1. The van der Waals surface area contributed by atoms with Crippen LogP contribution in [-0.4, -0.2) is 4.57 Å². The quantitative estimate of drug-likeness (QED) is 0.165. The van der Waals surface area contributed by atoms with Crippen molar-refractivity contribution in [1.29, 1.82) is 0 Å². The standard InChI is InChI=1S/C55H40N2/c1-55(2)49-30-18-17-27-44(49)47-31-32-48-52-46-29-16-15-28-45(46)50(36-51(52)57(54(48)53(47)55)42-25-13-6-14-26-42)56(41-23-11-5-12-24-41)43-34-39(37-19-7-3-8-20-37)33-40(35-43)38-21-9-4-10-22-38/h3-36H,1-2H3. The maximum Gasteiger partial charge on any atom is 0.0588 e. The van der Waals surface area contributed by atoms with E-state index in [4.69, 9.17) is 0 Å². The lowest BCUT2D eigenvalue weighted by molar-refractivity contribution is 0.664. The second-order valence-electron chi connectivity index (χ2n) is 15.7. The van der Waals surface area contributed by atoms with Crippen LogP contribution in [0, 0.1) is 0 Å². The second kappa shape index (κ2) is 13.0. The first-order valence-electron chi connectivity index (χ1n) is 19.9. The van der Waals surface area contributed by atoms with Crippen LogP contribution in [0.1, 0.15) is 25.0 Å². The van der Waals surface area contributed by atoms with Crippen molar-refractivity contribution in [3.05, 3.63) is 217 Å². The molecule has 0 aliphatic heterocycles. The Labute approximate surface area is 333 Å². The van der Waals surface area contributed by atoms with Gasteiger partial charge < -0.3 is 9.47 Å². The van der Waals surface area contributed by atoms with Crippen molar-refractivity contribution in [2.75, 3.05) is 4.90 Å². The summed E-state index contributed by atoms with van der Waals surface area (Å²) >= 11 is 0. The van der Waals surface area contributed by atoms with Gasteiger partial charge in [0.05, 0.1) is 16.7 Å². The van der Waals surface area contributed by atoms with Gasteiger partial charge in [0, 0.05) is 38.6 Å². The van der Waals surface area contributed by atoms with Gasteiger partial charge in [0.2, 0.25) is 0 Å². The fourth-order valence-corrected chi connectivity index (χ4v) is 9.57. The van der Waals surface area contributed by atoms with Crippen LogP contribution in [0.15, 0.2) is 206 Å². The molecule has 0 amide bonds. The minimum absolute atomic E-state index is 0.188. The molecule has 57 heavy (non-hydrogen) atoms. The number of hydrogen-bond acceptors (Lipinski definition) is 1. The van der Waals surface area contributed by atoms with Crippen molar-refractivity contribution in [3.8, 4) is 39.1 Å². The van der Waals surface area contributed by atoms with E-state index in [1.165, 1.54) is 77.1 Å². The summed E-state index contributed by atoms with van der Waals surface area (Å²) < 4.78 is 2.55. The molecule has 0 bridgehead atoms. The molecule has 270 valence electrons. The van der Waals surface area contributed by atoms with Crippen LogP contribution in [-0.2, 0) is 5.41 Å². The van der Waals surface area contributed by atoms with E-state index >= 15 is 0 Å². The summed E-state index contributed by atoms with van der Waals surface area (Å²) in [5, 5.41) is 5.00. The Hall–Kier alpha value is -7.16. The number of rotatable bonds is 6. The van der Waals surface area contributed by atoms with Gasteiger partial charge in [-0.05, 0) is 98.4 Å². The monoisotopic (exact) mass is 728 g/mol. The van der Waals surface area contributed by atoms with E-state index in [0.717, 1.165) is 22.7 Å². The highest BCUT2D eigenvalue weighted by Crippen LogP contribution is 2.54. The highest BCUT2D eigenvalue weighted by Gasteiger charge is 2.38. The number of nitrogens with zero attached hydrogens (tertiary/aromatic N) is 2. The topological polar surface area (TPSA) is 8.17 Å². The lowest BCUT2D eigenvalue weighted by Crippen LogP contribution is -2.16. The zero-order valence-corrected chi connectivity index (χ0v) is 32.0. The van der Waals surface area contributed by atoms with Crippen LogP contribution in [0.4, 0.5) is 17.1 Å². The molecule has 0 atom stereocenters. The molecule has 1 aliphatic rings. The molecule has 2 heteroatoms. The number of fused-ring (bicyclic) bond motifs is 9. The van der Waals surface area contributed by atoms with E-state index in [9.17, 15) is 0 Å². The maximum absolute atomic E-state index is 2.55. The molecule has 1 heterocycles. The Morgan fingerprint density at radius 3 is 1.65 bits per heavy atom. The Balaban J connectivity index is 1.28. The molecule has 0 radical (unpaired) electrons. The van der Waals surface area contributed by atoms with Gasteiger partial charge in [-0.2, -0.15) is 0 Å². The number of para-hydroxylation sites is 2. The molecule has 0 spiro atoms. The van der Waals surface area contributed by atoms with Gasteiger partial charge in [0.1, 0.15) is 0 Å². The van der Waals surface area contributed by atoms with Crippen LogP contribution in [0.2, 0.25) is 0 Å². The van der Waals surface area contributed by atoms with E-state index < -0.39 is 0 Å². The van der Waals surface area contributed by atoms with E-state index in [2.05, 4.69) is 230 Å². The Bertz CT molecular complexity index is 3070. The summed E-state index contributed by atoms with van der Waals surface area (Å²) in [6.45, 7) is 4.80. The van der Waals surface area contributed by atoms with E-state index in [0.29, 0.717) is 0 Å². The fraction of sp³-hybridized carbons (Fsp3) is 0.0545. The molecule has 9 aromatic carbocycles. The van der Waals surface area contributed by atoms with Gasteiger partial charge in [0.15, 0.2) is 0 Å². The largest absolute Gasteiger partial charge is 0.310 e. The van der Waals surface area contributed by atoms with Crippen molar-refractivity contribution in [2.24, 2.45) is 0 Å². The molecule has 2 nitrogen and oxygen atoms in total. The average molecular weight is 729 g/mol. The summed E-state index contributed by atoms with van der Waals surface area (Å²) in [6.07, 6.45) is 0. The molecule has 0 fully saturated rings. The van der Waals surface area contributed by atoms with E-state index in [1.807, 2.05) is 0 Å². The molecular formula is C55H40N2. The van der Waals surface area contributed by atoms with Gasteiger partial charge in [0.25, 0.3) is 0 Å². The van der Waals surface area contributed by atoms with Crippen LogP contribution in [0.5, 0.6) is 0 Å². The summed E-state index contributed by atoms with van der Waals surface area (Å²) in [6, 6.07) is 75.5. The van der Waals surface area contributed by atoms with Crippen molar-refractivity contribution in [2.45, 2.75) is 19.3 Å². The highest BCUT2D eigenvalue weighted by atomic mass is 15.1. The average Bonchev–Trinajstić information content (AvgIpc) is 3.73. The number of anilines is 3. The first kappa shape index (κ1) is 33.2. The number of hydrogen-bond donors (Lipinski definition) is 0. The SMILES string of the molecule is CC1(C)c2ccccc2-c2ccc3c4c5ccccc5c(N(c5ccccc5)c5cc(-c6ccccc6)cc(-c6ccccc6)c5)cc4n(-c4ccccc4)c3c21. The van der Waals surface area contributed by atoms with Crippen molar-refractivity contribution >= 4 is 49.6 Å². The summed E-state index contributed by atoms with van der Waals surface area (Å²) in [7, 11) is 0. The predicted octanol–water partition coefficient (Wildman–Crippen LogP) is 15.0. The fourth-order valence-electron chi connectivity index (χ4n) is 9.57. The zero-order chi connectivity index (χ0) is 38.1. The van der Waals surface area contributed by atoms with Gasteiger partial charge in [-0.1, -0.05) is 172 Å². The molecule has 0 saturated heterocycles. The Kier molecular flexibility index (Phi) is 7.55. The normalized spacial score (nSPS) is 12.9. The van der Waals surface area contributed by atoms with Crippen LogP contribution >= 0.6 is 0 Å². The lowest BCUT2D eigenvalue weighted by atomic mass is 9.81. The van der Waals surface area contributed by atoms with E-state index in [-0.39, 0.29) is 5.41 Å². The van der Waals surface area contributed by atoms with E-state index in [1.54, 1.807) is 0 Å². The molecule has 0 N–H and O–H groups in total. The molecule has 1 aliphatic carbocycles. The van der Waals surface area contributed by atoms with Crippen molar-refractivity contribution < 1.29 is 0 Å². The predicted molar refractivity (Wildman–Crippen MR) is 241 cm³/mol. The first-order chi connectivity index (χ1) is 28.1. The van der Waals surface area contributed by atoms with Gasteiger partial charge >= 0.3 is 0 Å². The van der Waals surface area contributed by atoms with Crippen molar-refractivity contribution in [1.82, 2.24) is 4.57 Å². The van der Waals surface area contributed by atoms with Gasteiger partial charge in [-0.3, -0.25) is 0 Å². The number of aromatic nitrogens is 1. The zero-order valence-electron chi connectivity index (χ0n) is 32.0. The third-order valence-electron chi connectivity index (χ3n) is 12.1. The molecule has 10 aromatic rings. The first-order valence-corrected chi connectivity index (χ1v) is 19.9. The lowest BCUT2D eigenvalue weighted by Gasteiger charge is -2.28. The van der Waals surface area contributed by atoms with Crippen molar-refractivity contribution in [3.63, 3.8) is 0 Å². The highest BCUT2D eigenvalue weighted by molar-refractivity contribution is 6.26. The third kappa shape index (κ3) is 5.18. The van der Waals surface area contributed by atoms with Gasteiger partial charge in [-0.15, -0.1) is 0 Å². The smallest absolute Gasteiger partial charge is 0.0588 e. The maximum atomic E-state index is 2.55. The summed E-state index contributed by atoms with van der Waals surface area (Å²) in [4.78, 5) is 2.47. The van der Waals surface area contributed by atoms with Crippen LogP contribution in [0.25, 0.3) is 71.6 Å². The molecule has 1 aromatic heterocycles. The minimum Gasteiger partial charge on any atom is -0.310 e. The Morgan fingerprint density at radius 2 is 0.982 bits per heavy atom. The molecule has 0 saturated carbocycles. The summed E-state index contributed by atoms with van der Waals surface area (Å²) in [5.74, 6) is 0. The molecule has 11 rings (SSSR count). The van der Waals surface area contributed by atoms with Crippen LogP contribution < -0.4 is 4.90 Å². The molecular weight excluding hydrogens is 689 g/mol. The van der Waals surface area contributed by atoms with Crippen LogP contribution in [0.3, 0.4) is 0 Å². The summed E-state index contributed by atoms with van der Waals surface area (Å²) in [5.41, 5.74) is 16.9.